The molecule has 0 heterocycles. The molecule has 0 saturated carbocycles. The monoisotopic (exact) mass is 537 g/mol. The first-order valence-corrected chi connectivity index (χ1v) is 13.6. The molecule has 0 aliphatic heterocycles. The largest absolute Gasteiger partial charge is 0.497 e. The second-order valence-electron chi connectivity index (χ2n) is 9.53. The van der Waals surface area contributed by atoms with Crippen molar-refractivity contribution in [1.29, 1.82) is 0 Å². The van der Waals surface area contributed by atoms with Crippen LogP contribution in [0.15, 0.2) is 152 Å². The maximum Gasteiger partial charge on any atom is 0.121 e. The fraction of sp³-hybridized carbons (Fsp3) is 0.0270. The maximum atomic E-state index is 6.61. The van der Waals surface area contributed by atoms with Crippen molar-refractivity contribution >= 4 is 28.7 Å². The fourth-order valence-corrected chi connectivity index (χ4v) is 5.32. The van der Waals surface area contributed by atoms with Gasteiger partial charge in [-0.15, -0.1) is 0 Å². The van der Waals surface area contributed by atoms with Crippen LogP contribution in [0.4, 0.5) is 17.1 Å². The number of rotatable bonds is 7. The van der Waals surface area contributed by atoms with Gasteiger partial charge < -0.3 is 9.64 Å². The smallest absolute Gasteiger partial charge is 0.121 e. The Morgan fingerprint density at radius 1 is 0.475 bits per heavy atom. The number of anilines is 3. The second-order valence-corrected chi connectivity index (χ2v) is 9.97. The van der Waals surface area contributed by atoms with Crippen LogP contribution in [0.25, 0.3) is 33.4 Å². The zero-order valence-corrected chi connectivity index (χ0v) is 22.9. The molecule has 2 nitrogen and oxygen atoms in total. The first kappa shape index (κ1) is 25.5. The minimum absolute atomic E-state index is 0.673. The molecule has 6 aromatic carbocycles. The van der Waals surface area contributed by atoms with E-state index in [2.05, 4.69) is 120 Å². The van der Waals surface area contributed by atoms with Crippen LogP contribution in [0.3, 0.4) is 0 Å². The summed E-state index contributed by atoms with van der Waals surface area (Å²) in [6.45, 7) is 0. The maximum absolute atomic E-state index is 6.61. The van der Waals surface area contributed by atoms with Gasteiger partial charge in [-0.1, -0.05) is 127 Å². The summed E-state index contributed by atoms with van der Waals surface area (Å²) in [5, 5.41) is 0.673. The van der Waals surface area contributed by atoms with Gasteiger partial charge in [0.15, 0.2) is 0 Å². The Bertz CT molecular complexity index is 1680. The Labute approximate surface area is 240 Å². The highest BCUT2D eigenvalue weighted by molar-refractivity contribution is 6.30. The fourth-order valence-electron chi connectivity index (χ4n) is 5.14. The van der Waals surface area contributed by atoms with E-state index in [9.17, 15) is 0 Å². The Kier molecular flexibility index (Phi) is 7.34. The molecule has 6 rings (SSSR count). The van der Waals surface area contributed by atoms with Crippen LogP contribution >= 0.6 is 11.6 Å². The molecule has 3 heteroatoms. The molecule has 0 bridgehead atoms. The van der Waals surface area contributed by atoms with E-state index in [-0.39, 0.29) is 0 Å². The van der Waals surface area contributed by atoms with Crippen molar-refractivity contribution in [3.8, 4) is 39.1 Å². The molecule has 0 fully saturated rings. The van der Waals surface area contributed by atoms with Crippen LogP contribution in [0.5, 0.6) is 5.75 Å². The molecule has 0 saturated heterocycles. The Morgan fingerprint density at radius 3 is 1.57 bits per heavy atom. The summed E-state index contributed by atoms with van der Waals surface area (Å²) < 4.78 is 5.84. The highest BCUT2D eigenvalue weighted by atomic mass is 35.5. The van der Waals surface area contributed by atoms with Gasteiger partial charge in [0.2, 0.25) is 0 Å². The predicted octanol–water partition coefficient (Wildman–Crippen LogP) is 10.8. The number of hydrogen-bond donors (Lipinski definition) is 0. The lowest BCUT2D eigenvalue weighted by Crippen LogP contribution is -2.13. The van der Waals surface area contributed by atoms with Crippen molar-refractivity contribution < 1.29 is 4.74 Å². The van der Waals surface area contributed by atoms with Crippen LogP contribution in [0, 0.1) is 0 Å². The molecule has 194 valence electrons. The average Bonchev–Trinajstić information content (AvgIpc) is 3.02. The standard InChI is InChI=1S/C37H28ClNO/c1-40-34-24-30(27-13-5-2-6-14-27)23-33(26-34)39(32-20-11-19-31(38)25-32)37-35(28-15-7-3-8-16-28)21-12-22-36(37)29-17-9-4-10-18-29/h2-26H,1H3. The molecule has 6 aromatic rings. The van der Waals surface area contributed by atoms with Crippen molar-refractivity contribution in [3.05, 3.63) is 157 Å². The van der Waals surface area contributed by atoms with Crippen LogP contribution in [-0.4, -0.2) is 7.11 Å². The van der Waals surface area contributed by atoms with Gasteiger partial charge in [0, 0.05) is 27.9 Å². The zero-order valence-electron chi connectivity index (χ0n) is 22.2. The van der Waals surface area contributed by atoms with Gasteiger partial charge in [0.25, 0.3) is 0 Å². The van der Waals surface area contributed by atoms with Gasteiger partial charge in [0.05, 0.1) is 18.5 Å². The lowest BCUT2D eigenvalue weighted by Gasteiger charge is -2.31. The topological polar surface area (TPSA) is 12.5 Å². The van der Waals surface area contributed by atoms with E-state index in [0.717, 1.165) is 56.2 Å². The van der Waals surface area contributed by atoms with Gasteiger partial charge >= 0.3 is 0 Å². The summed E-state index contributed by atoms with van der Waals surface area (Å²) in [5.41, 5.74) is 9.68. The van der Waals surface area contributed by atoms with Crippen LogP contribution in [0.2, 0.25) is 5.02 Å². The molecule has 0 spiro atoms. The van der Waals surface area contributed by atoms with Gasteiger partial charge in [-0.3, -0.25) is 0 Å². The van der Waals surface area contributed by atoms with Crippen LogP contribution < -0.4 is 9.64 Å². The zero-order chi connectivity index (χ0) is 27.3. The molecule has 0 amide bonds. The van der Waals surface area contributed by atoms with Crippen molar-refractivity contribution in [2.24, 2.45) is 0 Å². The van der Waals surface area contributed by atoms with E-state index in [1.54, 1.807) is 7.11 Å². The summed E-state index contributed by atoms with van der Waals surface area (Å²) in [4.78, 5) is 2.30. The molecule has 0 aromatic heterocycles. The molecular formula is C37H28ClNO. The summed E-state index contributed by atoms with van der Waals surface area (Å²) in [7, 11) is 1.71. The molecule has 0 radical (unpaired) electrons. The highest BCUT2D eigenvalue weighted by Gasteiger charge is 2.23. The first-order chi connectivity index (χ1) is 19.7. The summed E-state index contributed by atoms with van der Waals surface area (Å²) >= 11 is 6.61. The minimum Gasteiger partial charge on any atom is -0.497 e. The molecule has 0 aliphatic carbocycles. The van der Waals surface area contributed by atoms with Crippen LogP contribution in [-0.2, 0) is 0 Å². The van der Waals surface area contributed by atoms with E-state index >= 15 is 0 Å². The summed E-state index contributed by atoms with van der Waals surface area (Å²) in [6, 6.07) is 52.3. The average molecular weight is 538 g/mol. The minimum atomic E-state index is 0.673. The van der Waals surface area contributed by atoms with Gasteiger partial charge in [0.1, 0.15) is 5.75 Å². The van der Waals surface area contributed by atoms with E-state index in [1.165, 1.54) is 0 Å². The summed E-state index contributed by atoms with van der Waals surface area (Å²) in [6.07, 6.45) is 0. The molecule has 0 N–H and O–H groups in total. The van der Waals surface area contributed by atoms with Crippen LogP contribution in [0.1, 0.15) is 0 Å². The van der Waals surface area contributed by atoms with E-state index in [4.69, 9.17) is 16.3 Å². The number of ether oxygens (including phenoxy) is 1. The van der Waals surface area contributed by atoms with Gasteiger partial charge in [-0.25, -0.2) is 0 Å². The molecule has 0 atom stereocenters. The number of halogens is 1. The normalized spacial score (nSPS) is 10.8. The van der Waals surface area contributed by atoms with E-state index < -0.39 is 0 Å². The molecule has 0 unspecified atom stereocenters. The van der Waals surface area contributed by atoms with Crippen molar-refractivity contribution in [2.45, 2.75) is 0 Å². The predicted molar refractivity (Wildman–Crippen MR) is 169 cm³/mol. The third kappa shape index (κ3) is 5.22. The molecular weight excluding hydrogens is 510 g/mol. The van der Waals surface area contributed by atoms with Crippen molar-refractivity contribution in [3.63, 3.8) is 0 Å². The van der Waals surface area contributed by atoms with Crippen molar-refractivity contribution in [2.75, 3.05) is 12.0 Å². The lowest BCUT2D eigenvalue weighted by atomic mass is 9.94. The number of methoxy groups -OCH3 is 1. The lowest BCUT2D eigenvalue weighted by molar-refractivity contribution is 0.415. The van der Waals surface area contributed by atoms with E-state index in [0.29, 0.717) is 5.02 Å². The Morgan fingerprint density at radius 2 is 1.02 bits per heavy atom. The third-order valence-corrected chi connectivity index (χ3v) is 7.22. The third-order valence-electron chi connectivity index (χ3n) is 6.99. The van der Waals surface area contributed by atoms with E-state index in [1.807, 2.05) is 36.4 Å². The van der Waals surface area contributed by atoms with Crippen molar-refractivity contribution in [1.82, 2.24) is 0 Å². The quantitative estimate of drug-likeness (QED) is 0.201. The highest BCUT2D eigenvalue weighted by Crippen LogP contribution is 2.48. The number of hydrogen-bond acceptors (Lipinski definition) is 2. The Hall–Kier alpha value is -4.79. The number of nitrogens with zero attached hydrogens (tertiary/aromatic N) is 1. The molecule has 40 heavy (non-hydrogen) atoms. The molecule has 0 aliphatic rings. The SMILES string of the molecule is COc1cc(-c2ccccc2)cc(N(c2cccc(Cl)c2)c2c(-c3ccccc3)cccc2-c2ccccc2)c1. The van der Waals surface area contributed by atoms with Gasteiger partial charge in [-0.05, 0) is 52.6 Å². The Balaban J connectivity index is 1.69. The summed E-state index contributed by atoms with van der Waals surface area (Å²) in [5.74, 6) is 0.779. The number of benzene rings is 6. The first-order valence-electron chi connectivity index (χ1n) is 13.3. The van der Waals surface area contributed by atoms with Gasteiger partial charge in [-0.2, -0.15) is 0 Å². The second kappa shape index (κ2) is 11.5. The number of para-hydroxylation sites is 1.